The number of hydrogen-bond donors (Lipinski definition) is 2. The smallest absolute Gasteiger partial charge is 0.268 e. The number of aryl methyl sites for hydroxylation is 1. The number of amides is 2. The molecule has 2 rings (SSSR count). The molecular weight excluding hydrogens is 234 g/mol. The van der Waals surface area contributed by atoms with Crippen LogP contribution >= 0.6 is 0 Å². The highest BCUT2D eigenvalue weighted by atomic mass is 16.3. The highest BCUT2D eigenvalue weighted by Crippen LogP contribution is 2.15. The Balaban J connectivity index is 1.97. The SMILES string of the molecule is Cc1ccc(C(C)NC(=O)C2=NNC(=O)CC2)o1. The molecule has 18 heavy (non-hydrogen) atoms. The predicted molar refractivity (Wildman–Crippen MR) is 64.8 cm³/mol. The summed E-state index contributed by atoms with van der Waals surface area (Å²) in [6.45, 7) is 3.68. The van der Waals surface area contributed by atoms with Crippen molar-refractivity contribution in [1.82, 2.24) is 10.7 Å². The Kier molecular flexibility index (Phi) is 3.45. The van der Waals surface area contributed by atoms with Gasteiger partial charge in [0.05, 0.1) is 6.04 Å². The largest absolute Gasteiger partial charge is 0.464 e. The average molecular weight is 249 g/mol. The van der Waals surface area contributed by atoms with E-state index in [1.807, 2.05) is 26.0 Å². The molecule has 0 saturated heterocycles. The first-order valence-electron chi connectivity index (χ1n) is 5.79. The summed E-state index contributed by atoms with van der Waals surface area (Å²) >= 11 is 0. The van der Waals surface area contributed by atoms with Crippen LogP contribution in [0, 0.1) is 6.92 Å². The standard InChI is InChI=1S/C12H15N3O3/c1-7-3-5-10(18-7)8(2)13-12(17)9-4-6-11(16)15-14-9/h3,5,8H,4,6H2,1-2H3,(H,13,17)(H,15,16). The van der Waals surface area contributed by atoms with Crippen molar-refractivity contribution in [3.05, 3.63) is 23.7 Å². The van der Waals surface area contributed by atoms with Gasteiger partial charge in [0.1, 0.15) is 17.2 Å². The predicted octanol–water partition coefficient (Wildman–Crippen LogP) is 1.03. The van der Waals surface area contributed by atoms with E-state index in [9.17, 15) is 9.59 Å². The number of furan rings is 1. The van der Waals surface area contributed by atoms with Gasteiger partial charge in [-0.3, -0.25) is 9.59 Å². The van der Waals surface area contributed by atoms with E-state index < -0.39 is 0 Å². The monoisotopic (exact) mass is 249 g/mol. The number of rotatable bonds is 3. The molecule has 0 aromatic carbocycles. The topological polar surface area (TPSA) is 83.7 Å². The second-order valence-electron chi connectivity index (χ2n) is 4.24. The van der Waals surface area contributed by atoms with Crippen LogP contribution in [0.25, 0.3) is 0 Å². The van der Waals surface area contributed by atoms with Gasteiger partial charge in [0, 0.05) is 12.8 Å². The van der Waals surface area contributed by atoms with Crippen LogP contribution in [0.5, 0.6) is 0 Å². The van der Waals surface area contributed by atoms with Crippen molar-refractivity contribution >= 4 is 17.5 Å². The zero-order valence-corrected chi connectivity index (χ0v) is 10.3. The third-order valence-corrected chi connectivity index (χ3v) is 2.70. The summed E-state index contributed by atoms with van der Waals surface area (Å²) in [6.07, 6.45) is 0.655. The molecule has 0 bridgehead atoms. The molecule has 1 unspecified atom stereocenters. The Morgan fingerprint density at radius 3 is 2.83 bits per heavy atom. The molecule has 6 heteroatoms. The Morgan fingerprint density at radius 2 is 2.28 bits per heavy atom. The molecule has 2 N–H and O–H groups in total. The lowest BCUT2D eigenvalue weighted by atomic mass is 10.1. The van der Waals surface area contributed by atoms with Crippen LogP contribution in [0.15, 0.2) is 21.7 Å². The zero-order valence-electron chi connectivity index (χ0n) is 10.3. The number of hydrogen-bond acceptors (Lipinski definition) is 4. The summed E-state index contributed by atoms with van der Waals surface area (Å²) in [7, 11) is 0. The minimum atomic E-state index is -0.281. The lowest BCUT2D eigenvalue weighted by molar-refractivity contribution is -0.121. The molecule has 96 valence electrons. The fourth-order valence-electron chi connectivity index (χ4n) is 1.68. The van der Waals surface area contributed by atoms with Crippen molar-refractivity contribution in [2.45, 2.75) is 32.7 Å². The number of carbonyl (C=O) groups excluding carboxylic acids is 2. The first-order valence-corrected chi connectivity index (χ1v) is 5.79. The van der Waals surface area contributed by atoms with Gasteiger partial charge in [0.15, 0.2) is 0 Å². The molecule has 0 spiro atoms. The van der Waals surface area contributed by atoms with Gasteiger partial charge >= 0.3 is 0 Å². The van der Waals surface area contributed by atoms with Crippen molar-refractivity contribution in [3.8, 4) is 0 Å². The summed E-state index contributed by atoms with van der Waals surface area (Å²) in [6, 6.07) is 3.44. The maximum absolute atomic E-state index is 11.9. The van der Waals surface area contributed by atoms with Gasteiger partial charge in [-0.15, -0.1) is 0 Å². The zero-order chi connectivity index (χ0) is 13.1. The summed E-state index contributed by atoms with van der Waals surface area (Å²) in [5, 5.41) is 6.52. The van der Waals surface area contributed by atoms with Crippen LogP contribution in [0.3, 0.4) is 0 Å². The van der Waals surface area contributed by atoms with Gasteiger partial charge in [-0.1, -0.05) is 0 Å². The van der Waals surface area contributed by atoms with E-state index in [0.29, 0.717) is 24.3 Å². The van der Waals surface area contributed by atoms with E-state index in [-0.39, 0.29) is 17.9 Å². The summed E-state index contributed by atoms with van der Waals surface area (Å²) < 4.78 is 5.43. The van der Waals surface area contributed by atoms with Crippen LogP contribution in [0.4, 0.5) is 0 Å². The Hall–Kier alpha value is -2.11. The molecule has 2 amide bonds. The highest BCUT2D eigenvalue weighted by Gasteiger charge is 2.20. The number of nitrogens with one attached hydrogen (secondary N) is 2. The molecule has 6 nitrogen and oxygen atoms in total. The minimum Gasteiger partial charge on any atom is -0.464 e. The summed E-state index contributed by atoms with van der Waals surface area (Å²) in [5.74, 6) is 1.05. The second-order valence-corrected chi connectivity index (χ2v) is 4.24. The van der Waals surface area contributed by atoms with Crippen molar-refractivity contribution in [1.29, 1.82) is 0 Å². The molecule has 0 aliphatic carbocycles. The third kappa shape index (κ3) is 2.77. The molecule has 1 atom stereocenters. The van der Waals surface area contributed by atoms with E-state index in [0.717, 1.165) is 5.76 Å². The summed E-state index contributed by atoms with van der Waals surface area (Å²) in [4.78, 5) is 22.8. The highest BCUT2D eigenvalue weighted by molar-refractivity contribution is 6.39. The lowest BCUT2D eigenvalue weighted by Crippen LogP contribution is -2.37. The van der Waals surface area contributed by atoms with E-state index in [4.69, 9.17) is 4.42 Å². The first kappa shape index (κ1) is 12.3. The Labute approximate surface area is 104 Å². The first-order chi connectivity index (χ1) is 8.56. The average Bonchev–Trinajstić information content (AvgIpc) is 2.76. The van der Waals surface area contributed by atoms with E-state index >= 15 is 0 Å². The maximum Gasteiger partial charge on any atom is 0.268 e. The molecule has 0 saturated carbocycles. The fourth-order valence-corrected chi connectivity index (χ4v) is 1.68. The molecule has 1 aliphatic heterocycles. The second kappa shape index (κ2) is 5.03. The molecule has 1 aromatic heterocycles. The third-order valence-electron chi connectivity index (χ3n) is 2.70. The van der Waals surface area contributed by atoms with Crippen molar-refractivity contribution in [3.63, 3.8) is 0 Å². The molecule has 1 aromatic rings. The normalized spacial score (nSPS) is 16.8. The molecule has 0 radical (unpaired) electrons. The van der Waals surface area contributed by atoms with Crippen molar-refractivity contribution in [2.24, 2.45) is 5.10 Å². The van der Waals surface area contributed by atoms with Crippen LogP contribution in [0.1, 0.15) is 37.3 Å². The maximum atomic E-state index is 11.9. The molecular formula is C12H15N3O3. The van der Waals surface area contributed by atoms with E-state index in [2.05, 4.69) is 15.8 Å². The lowest BCUT2D eigenvalue weighted by Gasteiger charge is -2.15. The molecule has 1 aliphatic rings. The van der Waals surface area contributed by atoms with Crippen molar-refractivity contribution in [2.75, 3.05) is 0 Å². The van der Waals surface area contributed by atoms with Crippen LogP contribution < -0.4 is 10.7 Å². The molecule has 0 fully saturated rings. The van der Waals surface area contributed by atoms with Gasteiger partial charge in [-0.2, -0.15) is 5.10 Å². The Bertz CT molecular complexity index is 504. The van der Waals surface area contributed by atoms with E-state index in [1.54, 1.807) is 0 Å². The molecule has 2 heterocycles. The van der Waals surface area contributed by atoms with Gasteiger partial charge in [0.2, 0.25) is 5.91 Å². The van der Waals surface area contributed by atoms with Gasteiger partial charge < -0.3 is 9.73 Å². The quantitative estimate of drug-likeness (QED) is 0.839. The summed E-state index contributed by atoms with van der Waals surface area (Å²) in [5.41, 5.74) is 2.63. The van der Waals surface area contributed by atoms with Crippen molar-refractivity contribution < 1.29 is 14.0 Å². The van der Waals surface area contributed by atoms with Gasteiger partial charge in [0.25, 0.3) is 5.91 Å². The van der Waals surface area contributed by atoms with Gasteiger partial charge in [-0.25, -0.2) is 5.43 Å². The van der Waals surface area contributed by atoms with Gasteiger partial charge in [-0.05, 0) is 26.0 Å². The number of hydrazone groups is 1. The fraction of sp³-hybridized carbons (Fsp3) is 0.417. The van der Waals surface area contributed by atoms with E-state index in [1.165, 1.54) is 0 Å². The number of carbonyl (C=O) groups is 2. The van der Waals surface area contributed by atoms with Crippen LogP contribution in [0.2, 0.25) is 0 Å². The van der Waals surface area contributed by atoms with Crippen LogP contribution in [-0.2, 0) is 9.59 Å². The van der Waals surface area contributed by atoms with Crippen LogP contribution in [-0.4, -0.2) is 17.5 Å². The minimum absolute atomic E-state index is 0.166. The Morgan fingerprint density at radius 1 is 1.50 bits per heavy atom. The number of nitrogens with zero attached hydrogens (tertiary/aromatic N) is 1.